The molecule has 1 N–H and O–H groups in total. The third-order valence-electron chi connectivity index (χ3n) is 5.21. The molecular formula is C18H19NO4. The van der Waals surface area contributed by atoms with Crippen molar-refractivity contribution in [2.24, 2.45) is 0 Å². The fraction of sp³-hybridized carbons (Fsp3) is 0.389. The number of hydrogen-bond acceptors (Lipinski definition) is 5. The van der Waals surface area contributed by atoms with E-state index in [0.717, 1.165) is 30.5 Å². The first-order chi connectivity index (χ1) is 11.1. The molecule has 120 valence electrons. The second-order valence-corrected chi connectivity index (χ2v) is 6.28. The van der Waals surface area contributed by atoms with Gasteiger partial charge in [-0.05, 0) is 42.2 Å². The Morgan fingerprint density at radius 3 is 2.70 bits per heavy atom. The Balaban J connectivity index is 1.98. The number of hydroxylamine groups is 2. The molecule has 23 heavy (non-hydrogen) atoms. The van der Waals surface area contributed by atoms with Gasteiger partial charge < -0.3 is 14.7 Å². The first-order valence-electron chi connectivity index (χ1n) is 7.76. The van der Waals surface area contributed by atoms with Crippen molar-refractivity contribution in [2.45, 2.75) is 24.3 Å². The number of methoxy groups -OCH3 is 1. The number of allylic oxidation sites excluding steroid dienone is 4. The van der Waals surface area contributed by atoms with E-state index in [1.165, 1.54) is 5.56 Å². The number of ether oxygens (including phenoxy) is 1. The number of carbonyl (C=O) groups is 1. The van der Waals surface area contributed by atoms with Gasteiger partial charge in [0, 0.05) is 17.5 Å². The minimum absolute atomic E-state index is 0.0262. The van der Waals surface area contributed by atoms with Crippen LogP contribution in [-0.4, -0.2) is 36.7 Å². The van der Waals surface area contributed by atoms with Gasteiger partial charge in [0.25, 0.3) is 0 Å². The number of carbonyl (C=O) groups excluding carboxylic acids is 1. The minimum Gasteiger partial charge on any atom is -0.504 e. The summed E-state index contributed by atoms with van der Waals surface area (Å²) in [6.07, 6.45) is 8.54. The number of fused-ring (bicyclic) bond motifs is 1. The van der Waals surface area contributed by atoms with Crippen LogP contribution in [0.25, 0.3) is 0 Å². The standard InChI is InChI=1S/C18H19NO4/c1-22-14-9-11-5-8-19(23-2)13-10-18(6-3-12(20)4-7-18)16(15(11)13)17(14)21/h3-4,6-7,9,13,21H,5,8,10H2,1-2H3/t13-/m0/s1. The fourth-order valence-electron chi connectivity index (χ4n) is 4.18. The zero-order valence-corrected chi connectivity index (χ0v) is 13.2. The van der Waals surface area contributed by atoms with Crippen LogP contribution in [0.15, 0.2) is 30.4 Å². The van der Waals surface area contributed by atoms with Crippen LogP contribution < -0.4 is 4.74 Å². The summed E-state index contributed by atoms with van der Waals surface area (Å²) in [5.74, 6) is 0.625. The van der Waals surface area contributed by atoms with Crippen molar-refractivity contribution in [1.82, 2.24) is 5.06 Å². The highest BCUT2D eigenvalue weighted by Gasteiger charge is 2.49. The van der Waals surface area contributed by atoms with Crippen molar-refractivity contribution in [1.29, 1.82) is 0 Å². The zero-order valence-electron chi connectivity index (χ0n) is 13.2. The number of phenolic OH excluding ortho intramolecular Hbond substituents is 1. The van der Waals surface area contributed by atoms with Gasteiger partial charge in [-0.15, -0.1) is 0 Å². The highest BCUT2D eigenvalue weighted by atomic mass is 16.7. The molecule has 3 aliphatic rings. The monoisotopic (exact) mass is 313 g/mol. The third-order valence-corrected chi connectivity index (χ3v) is 5.21. The molecule has 0 amide bonds. The van der Waals surface area contributed by atoms with Crippen LogP contribution in [0, 0.1) is 0 Å². The molecule has 0 unspecified atom stereocenters. The molecule has 1 aromatic carbocycles. The molecule has 2 aliphatic carbocycles. The van der Waals surface area contributed by atoms with Crippen molar-refractivity contribution in [2.75, 3.05) is 20.8 Å². The van der Waals surface area contributed by atoms with Crippen molar-refractivity contribution in [3.8, 4) is 11.5 Å². The van der Waals surface area contributed by atoms with Gasteiger partial charge in [0.05, 0.1) is 20.3 Å². The number of aromatic hydroxyl groups is 1. The van der Waals surface area contributed by atoms with Crippen LogP contribution in [0.1, 0.15) is 29.2 Å². The van der Waals surface area contributed by atoms with Crippen molar-refractivity contribution in [3.63, 3.8) is 0 Å². The SMILES string of the molecule is COc1cc2c3c(c1O)C1(C=CC(=O)C=C1)C[C@@H]3N(OC)CC2. The summed E-state index contributed by atoms with van der Waals surface area (Å²) < 4.78 is 5.37. The Bertz CT molecular complexity index is 734. The lowest BCUT2D eigenvalue weighted by Crippen LogP contribution is -2.33. The highest BCUT2D eigenvalue weighted by molar-refractivity contribution is 6.01. The van der Waals surface area contributed by atoms with Gasteiger partial charge >= 0.3 is 0 Å². The van der Waals surface area contributed by atoms with E-state index >= 15 is 0 Å². The number of benzene rings is 1. The van der Waals surface area contributed by atoms with Gasteiger partial charge in [0.1, 0.15) is 0 Å². The van der Waals surface area contributed by atoms with Crippen LogP contribution in [0.2, 0.25) is 0 Å². The topological polar surface area (TPSA) is 59.0 Å². The van der Waals surface area contributed by atoms with Crippen LogP contribution >= 0.6 is 0 Å². The summed E-state index contributed by atoms with van der Waals surface area (Å²) in [5.41, 5.74) is 2.66. The lowest BCUT2D eigenvalue weighted by atomic mass is 9.77. The van der Waals surface area contributed by atoms with Crippen LogP contribution in [-0.2, 0) is 21.5 Å². The summed E-state index contributed by atoms with van der Waals surface area (Å²) in [6, 6.07) is 1.99. The largest absolute Gasteiger partial charge is 0.504 e. The lowest BCUT2D eigenvalue weighted by molar-refractivity contribution is -0.168. The molecule has 0 radical (unpaired) electrons. The molecule has 4 rings (SSSR count). The average molecular weight is 313 g/mol. The van der Waals surface area contributed by atoms with Gasteiger partial charge in [-0.3, -0.25) is 4.79 Å². The second-order valence-electron chi connectivity index (χ2n) is 6.28. The second kappa shape index (κ2) is 4.94. The molecule has 0 fully saturated rings. The summed E-state index contributed by atoms with van der Waals surface area (Å²) in [4.78, 5) is 17.1. The van der Waals surface area contributed by atoms with Crippen LogP contribution in [0.4, 0.5) is 0 Å². The molecule has 0 saturated carbocycles. The van der Waals surface area contributed by atoms with E-state index in [0.29, 0.717) is 5.75 Å². The number of nitrogens with zero attached hydrogens (tertiary/aromatic N) is 1. The van der Waals surface area contributed by atoms with Gasteiger partial charge in [-0.25, -0.2) is 0 Å². The first-order valence-corrected chi connectivity index (χ1v) is 7.76. The van der Waals surface area contributed by atoms with E-state index in [-0.39, 0.29) is 17.6 Å². The molecule has 5 heteroatoms. The molecule has 0 aromatic heterocycles. The number of hydrogen-bond donors (Lipinski definition) is 1. The van der Waals surface area contributed by atoms with E-state index in [2.05, 4.69) is 0 Å². The van der Waals surface area contributed by atoms with Crippen LogP contribution in [0.3, 0.4) is 0 Å². The Kier molecular flexibility index (Phi) is 3.11. The van der Waals surface area contributed by atoms with Crippen molar-refractivity contribution in [3.05, 3.63) is 47.1 Å². The van der Waals surface area contributed by atoms with Gasteiger partial charge in [-0.2, -0.15) is 5.06 Å². The first kappa shape index (κ1) is 14.5. The molecule has 0 bridgehead atoms. The Labute approximate surface area is 134 Å². The van der Waals surface area contributed by atoms with Gasteiger partial charge in [0.2, 0.25) is 0 Å². The third kappa shape index (κ3) is 1.90. The molecule has 0 saturated heterocycles. The van der Waals surface area contributed by atoms with E-state index in [9.17, 15) is 9.90 Å². The summed E-state index contributed by atoms with van der Waals surface area (Å²) in [7, 11) is 3.24. The smallest absolute Gasteiger partial charge is 0.178 e. The molecule has 1 aromatic rings. The zero-order chi connectivity index (χ0) is 16.2. The quantitative estimate of drug-likeness (QED) is 0.907. The van der Waals surface area contributed by atoms with Gasteiger partial charge in [0.15, 0.2) is 17.3 Å². The van der Waals surface area contributed by atoms with E-state index in [4.69, 9.17) is 9.57 Å². The minimum atomic E-state index is -0.484. The molecule has 1 aliphatic heterocycles. The molecule has 5 nitrogen and oxygen atoms in total. The molecular weight excluding hydrogens is 294 g/mol. The maximum absolute atomic E-state index is 11.6. The maximum Gasteiger partial charge on any atom is 0.178 e. The fourth-order valence-corrected chi connectivity index (χ4v) is 4.18. The molecule has 1 spiro atoms. The predicted molar refractivity (Wildman–Crippen MR) is 84.4 cm³/mol. The summed E-state index contributed by atoms with van der Waals surface area (Å²) in [5, 5.41) is 12.7. The Hall–Kier alpha value is -2.11. The van der Waals surface area contributed by atoms with Crippen LogP contribution in [0.5, 0.6) is 11.5 Å². The predicted octanol–water partition coefficient (Wildman–Crippen LogP) is 2.20. The number of ketones is 1. The van der Waals surface area contributed by atoms with Gasteiger partial charge in [-0.1, -0.05) is 12.2 Å². The van der Waals surface area contributed by atoms with Crippen molar-refractivity contribution < 1.29 is 19.5 Å². The van der Waals surface area contributed by atoms with E-state index in [1.54, 1.807) is 26.4 Å². The van der Waals surface area contributed by atoms with E-state index < -0.39 is 5.41 Å². The normalized spacial score (nSPS) is 24.3. The molecule has 1 heterocycles. The number of phenols is 1. The number of rotatable bonds is 2. The summed E-state index contributed by atoms with van der Waals surface area (Å²) in [6.45, 7) is 0.796. The van der Waals surface area contributed by atoms with Crippen molar-refractivity contribution >= 4 is 5.78 Å². The lowest BCUT2D eigenvalue weighted by Gasteiger charge is -2.33. The van der Waals surface area contributed by atoms with E-state index in [1.807, 2.05) is 23.3 Å². The summed E-state index contributed by atoms with van der Waals surface area (Å²) >= 11 is 0. The molecule has 1 atom stereocenters. The highest BCUT2D eigenvalue weighted by Crippen LogP contribution is 2.57. The maximum atomic E-state index is 11.6. The Morgan fingerprint density at radius 1 is 1.30 bits per heavy atom. The average Bonchev–Trinajstić information content (AvgIpc) is 2.90. The Morgan fingerprint density at radius 2 is 2.04 bits per heavy atom.